The van der Waals surface area contributed by atoms with E-state index in [1.165, 1.54) is 91.7 Å². The first-order valence-corrected chi connectivity index (χ1v) is 21.6. The molecule has 8 rings (SSSR count). The maximum Gasteiger partial charge on any atom is 0.0464 e. The van der Waals surface area contributed by atoms with E-state index < -0.39 is 0 Å². The first kappa shape index (κ1) is 40.1. The van der Waals surface area contributed by atoms with E-state index in [0.29, 0.717) is 0 Å². The molecule has 0 spiro atoms. The number of fused-ring (bicyclic) bond motifs is 1. The second-order valence-electron chi connectivity index (χ2n) is 16.2. The van der Waals surface area contributed by atoms with Crippen LogP contribution in [0, 0.1) is 20.8 Å². The molecule has 0 bridgehead atoms. The van der Waals surface area contributed by atoms with E-state index in [2.05, 4.69) is 233 Å². The summed E-state index contributed by atoms with van der Waals surface area (Å²) in [4.78, 5) is 2.40. The number of allylic oxidation sites excluding steroid dienone is 4. The Kier molecular flexibility index (Phi) is 12.6. The van der Waals surface area contributed by atoms with Gasteiger partial charge in [-0.05, 0) is 150 Å². The van der Waals surface area contributed by atoms with Crippen LogP contribution in [0.3, 0.4) is 0 Å². The van der Waals surface area contributed by atoms with Crippen LogP contribution in [0.1, 0.15) is 86.5 Å². The molecular formula is C59H55N. The second-order valence-corrected chi connectivity index (χ2v) is 16.2. The van der Waals surface area contributed by atoms with Crippen LogP contribution in [0.4, 0.5) is 17.1 Å². The van der Waals surface area contributed by atoms with Crippen molar-refractivity contribution in [1.29, 1.82) is 0 Å². The van der Waals surface area contributed by atoms with Gasteiger partial charge in [-0.25, -0.2) is 0 Å². The highest BCUT2D eigenvalue weighted by atomic mass is 15.1. The maximum atomic E-state index is 2.42. The average molecular weight is 778 g/mol. The average Bonchev–Trinajstić information content (AvgIpc) is 3.29. The van der Waals surface area contributed by atoms with Crippen molar-refractivity contribution in [1.82, 2.24) is 0 Å². The number of hydrogen-bond donors (Lipinski definition) is 0. The van der Waals surface area contributed by atoms with Gasteiger partial charge < -0.3 is 4.90 Å². The summed E-state index contributed by atoms with van der Waals surface area (Å²) in [6.07, 6.45) is 19.1. The molecule has 0 radical (unpaired) electrons. The van der Waals surface area contributed by atoms with E-state index in [1.807, 2.05) is 0 Å². The molecule has 7 aromatic carbocycles. The number of nitrogens with zero attached hydrogens (tertiary/aromatic N) is 1. The van der Waals surface area contributed by atoms with E-state index in [4.69, 9.17) is 0 Å². The lowest BCUT2D eigenvalue weighted by atomic mass is 9.91. The molecule has 1 aliphatic rings. The van der Waals surface area contributed by atoms with Crippen LogP contribution in [0.15, 0.2) is 188 Å². The van der Waals surface area contributed by atoms with Gasteiger partial charge in [0.25, 0.3) is 0 Å². The summed E-state index contributed by atoms with van der Waals surface area (Å²) in [6.45, 7) is 8.62. The van der Waals surface area contributed by atoms with Crippen LogP contribution in [-0.2, 0) is 19.3 Å². The Morgan fingerprint density at radius 2 is 0.817 bits per heavy atom. The summed E-state index contributed by atoms with van der Waals surface area (Å²) in [6, 6.07) is 60.4. The molecule has 0 aliphatic heterocycles. The Hall–Kier alpha value is -6.70. The molecule has 0 unspecified atom stereocenters. The van der Waals surface area contributed by atoms with Crippen molar-refractivity contribution in [3.8, 4) is 0 Å². The van der Waals surface area contributed by atoms with E-state index >= 15 is 0 Å². The van der Waals surface area contributed by atoms with Crippen molar-refractivity contribution in [2.75, 3.05) is 4.90 Å². The van der Waals surface area contributed by atoms with Crippen LogP contribution in [0.2, 0.25) is 0 Å². The first-order chi connectivity index (χ1) is 29.4. The Bertz CT molecular complexity index is 2580. The fraction of sp³-hybridized carbons (Fsp3) is 0.153. The van der Waals surface area contributed by atoms with Crippen LogP contribution in [0.5, 0.6) is 0 Å². The Morgan fingerprint density at radius 1 is 0.433 bits per heavy atom. The second kappa shape index (κ2) is 18.9. The molecule has 0 amide bonds. The number of rotatable bonds is 12. The van der Waals surface area contributed by atoms with Crippen molar-refractivity contribution in [2.45, 2.75) is 59.8 Å². The zero-order valence-corrected chi connectivity index (χ0v) is 35.5. The number of benzene rings is 7. The molecule has 1 nitrogen and oxygen atoms in total. The first-order valence-electron chi connectivity index (χ1n) is 21.6. The summed E-state index contributed by atoms with van der Waals surface area (Å²) >= 11 is 0. The molecule has 0 atom stereocenters. The van der Waals surface area contributed by atoms with Crippen LogP contribution < -0.4 is 4.90 Å². The van der Waals surface area contributed by atoms with Gasteiger partial charge in [0.1, 0.15) is 0 Å². The summed E-state index contributed by atoms with van der Waals surface area (Å²) < 4.78 is 0. The van der Waals surface area contributed by atoms with E-state index in [0.717, 1.165) is 35.3 Å². The van der Waals surface area contributed by atoms with E-state index in [9.17, 15) is 0 Å². The molecule has 0 saturated carbocycles. The predicted octanol–water partition coefficient (Wildman–Crippen LogP) is 15.8. The Labute approximate surface area is 358 Å². The lowest BCUT2D eigenvalue weighted by Crippen LogP contribution is -2.12. The normalized spacial score (nSPS) is 12.8. The predicted molar refractivity (Wildman–Crippen MR) is 259 cm³/mol. The van der Waals surface area contributed by atoms with Gasteiger partial charge in [-0.3, -0.25) is 0 Å². The minimum atomic E-state index is 1.04. The summed E-state index contributed by atoms with van der Waals surface area (Å²) in [5.74, 6) is 0. The highest BCUT2D eigenvalue weighted by Gasteiger charge is 2.16. The monoisotopic (exact) mass is 777 g/mol. The smallest absolute Gasteiger partial charge is 0.0464 e. The molecule has 296 valence electrons. The molecule has 0 heterocycles. The van der Waals surface area contributed by atoms with E-state index in [1.54, 1.807) is 0 Å². The molecule has 1 heteroatoms. The third-order valence-electron chi connectivity index (χ3n) is 11.8. The molecular weight excluding hydrogens is 723 g/mol. The topological polar surface area (TPSA) is 3.24 Å². The van der Waals surface area contributed by atoms with Crippen molar-refractivity contribution >= 4 is 40.4 Å². The largest absolute Gasteiger partial charge is 0.310 e. The minimum absolute atomic E-state index is 1.04. The zero-order valence-electron chi connectivity index (χ0n) is 35.5. The number of anilines is 3. The minimum Gasteiger partial charge on any atom is -0.310 e. The molecule has 0 fully saturated rings. The van der Waals surface area contributed by atoms with Gasteiger partial charge in [0.15, 0.2) is 0 Å². The quantitative estimate of drug-likeness (QED) is 0.112. The molecule has 0 aromatic heterocycles. The molecule has 0 N–H and O–H groups in total. The molecule has 7 aromatic rings. The standard InChI is InChI=1S/C59H55N/c1-5-46-22-34-53(35-23-46)59(52-32-20-45(4)21-33-52)15-9-11-48-26-39-56(40-27-48)60(57-41-36-49-12-6-7-13-54(49)42-57)55-37-24-47(25-38-55)10-8-14-58(50-28-16-43(2)17-29-50)51-30-18-44(3)19-31-51/h8-11,14-42H,5-7,12-13H2,1-4H3/b10-8+,11-9+,59-15+. The van der Waals surface area contributed by atoms with Gasteiger partial charge in [-0.2, -0.15) is 0 Å². The van der Waals surface area contributed by atoms with Gasteiger partial charge >= 0.3 is 0 Å². The third-order valence-corrected chi connectivity index (χ3v) is 11.8. The SMILES string of the molecule is CCc1ccc(/C(=C/C=C/c2ccc(N(c3ccc(/C=C/C=C(c4ccc(C)cc4)c4ccc(C)cc4)cc3)c3ccc4c(c3)CCCC4)cc2)c2ccc(C)cc2)cc1. The molecule has 1 aliphatic carbocycles. The highest BCUT2D eigenvalue weighted by molar-refractivity contribution is 5.83. The molecule has 0 saturated heterocycles. The van der Waals surface area contributed by atoms with Gasteiger partial charge in [0, 0.05) is 17.1 Å². The maximum absolute atomic E-state index is 2.42. The number of hydrogen-bond acceptors (Lipinski definition) is 1. The van der Waals surface area contributed by atoms with Crippen molar-refractivity contribution < 1.29 is 0 Å². The summed E-state index contributed by atoms with van der Waals surface area (Å²) in [7, 11) is 0. The van der Waals surface area contributed by atoms with E-state index in [-0.39, 0.29) is 0 Å². The zero-order chi connectivity index (χ0) is 41.3. The van der Waals surface area contributed by atoms with Gasteiger partial charge in [0.05, 0.1) is 0 Å². The van der Waals surface area contributed by atoms with Crippen LogP contribution in [-0.4, -0.2) is 0 Å². The summed E-state index contributed by atoms with van der Waals surface area (Å²) in [5, 5.41) is 0. The molecule has 60 heavy (non-hydrogen) atoms. The van der Waals surface area contributed by atoms with Gasteiger partial charge in [-0.1, -0.05) is 187 Å². The van der Waals surface area contributed by atoms with Crippen LogP contribution >= 0.6 is 0 Å². The van der Waals surface area contributed by atoms with Crippen molar-refractivity contribution in [2.24, 2.45) is 0 Å². The number of aryl methyl sites for hydroxylation is 6. The Morgan fingerprint density at radius 3 is 1.23 bits per heavy atom. The fourth-order valence-electron chi connectivity index (χ4n) is 8.12. The highest BCUT2D eigenvalue weighted by Crippen LogP contribution is 2.37. The van der Waals surface area contributed by atoms with Crippen LogP contribution in [0.25, 0.3) is 23.3 Å². The lowest BCUT2D eigenvalue weighted by molar-refractivity contribution is 0.685. The fourth-order valence-corrected chi connectivity index (χ4v) is 8.12. The van der Waals surface area contributed by atoms with Crippen molar-refractivity contribution in [3.63, 3.8) is 0 Å². The third kappa shape index (κ3) is 9.76. The summed E-state index contributed by atoms with van der Waals surface area (Å²) in [5.41, 5.74) is 21.2. The van der Waals surface area contributed by atoms with Crippen molar-refractivity contribution in [3.05, 3.63) is 255 Å². The van der Waals surface area contributed by atoms with Gasteiger partial charge in [0.2, 0.25) is 0 Å². The van der Waals surface area contributed by atoms with Gasteiger partial charge in [-0.15, -0.1) is 0 Å². The lowest BCUT2D eigenvalue weighted by Gasteiger charge is -2.27. The Balaban J connectivity index is 1.07.